The van der Waals surface area contributed by atoms with Crippen molar-refractivity contribution in [3.63, 3.8) is 0 Å². The maximum atomic E-state index is 13.1. The van der Waals surface area contributed by atoms with E-state index in [1.807, 2.05) is 18.2 Å². The summed E-state index contributed by atoms with van der Waals surface area (Å²) in [4.78, 5) is 73.0. The summed E-state index contributed by atoms with van der Waals surface area (Å²) in [6.07, 6.45) is 80.8. The van der Waals surface area contributed by atoms with E-state index in [1.165, 1.54) is 89.9 Å². The summed E-state index contributed by atoms with van der Waals surface area (Å²) in [7, 11) is -9.98. The number of unbranched alkanes of at least 4 members (excludes halogenated alkanes) is 31. The summed E-state index contributed by atoms with van der Waals surface area (Å²) in [5.41, 5.74) is 0. The Hall–Kier alpha value is -4.28. The van der Waals surface area contributed by atoms with Gasteiger partial charge >= 0.3 is 39.5 Å². The van der Waals surface area contributed by atoms with E-state index in [2.05, 4.69) is 119 Å². The molecule has 5 atom stereocenters. The second-order valence-electron chi connectivity index (χ2n) is 26.6. The third-order valence-corrected chi connectivity index (χ3v) is 18.6. The molecule has 0 saturated heterocycles. The standard InChI is InChI=1S/C83H144O17P2/c1-5-9-13-17-21-25-29-33-36-37-38-39-42-45-48-52-56-60-64-68-81(86)94-73-78(99-82(87)69-65-61-57-53-49-43-32-28-24-20-16-12-8-4)75-97-101(89,90)95-71-77(84)72-96-102(91,92)98-76-79(100-83(88)70-66-62-58-54-50-46-41-35-31-27-23-19-15-11-7-3)74-93-80(85)67-63-59-55-51-47-44-40-34-30-26-22-18-14-10-6-2/h9,13,21,25-28,30-33,36,38-39,45,48,56,60,77-79,84H,5-8,10-12,14-20,22-24,29,34-35,37,40-44,46-47,49-55,57-59,61-76H2,1-4H3,(H,89,90)(H,91,92)/b13-9-,25-21-,30-26-,31-27-,32-28-,36-33-,39-38-,48-45-,60-56-/t77-,78-,79-/m1/s1. The number of aliphatic hydroxyl groups excluding tert-OH is 1. The van der Waals surface area contributed by atoms with E-state index in [0.29, 0.717) is 32.1 Å². The number of phosphoric ester groups is 2. The predicted molar refractivity (Wildman–Crippen MR) is 418 cm³/mol. The SMILES string of the molecule is CC/C=C\C/C=C\C/C=C\C/C=C\C/C=C\C/C=C\CCC(=O)OC[C@H](COP(=O)(O)OC[C@@H](O)COP(=O)(O)OC[C@@H](COC(=O)CCCCCCCCC/C=C\CCCCCC)OC(=O)CCCCCCCCC/C=C\CCCCCC)OC(=O)CCCCCCC/C=C\CCCCCC. The largest absolute Gasteiger partial charge is 0.472 e. The van der Waals surface area contributed by atoms with Crippen LogP contribution in [-0.2, 0) is 65.4 Å². The fourth-order valence-corrected chi connectivity index (χ4v) is 12.2. The summed E-state index contributed by atoms with van der Waals surface area (Å²) in [5, 5.41) is 10.6. The van der Waals surface area contributed by atoms with Gasteiger partial charge in [-0.1, -0.05) is 278 Å². The number of hydrogen-bond donors (Lipinski definition) is 3. The molecule has 0 fully saturated rings. The van der Waals surface area contributed by atoms with Gasteiger partial charge in [0.2, 0.25) is 0 Å². The van der Waals surface area contributed by atoms with Crippen molar-refractivity contribution in [3.8, 4) is 0 Å². The maximum Gasteiger partial charge on any atom is 0.472 e. The number of carbonyl (C=O) groups excluding carboxylic acids is 4. The van der Waals surface area contributed by atoms with Crippen LogP contribution in [0.4, 0.5) is 0 Å². The Balaban J connectivity index is 5.40. The second kappa shape index (κ2) is 75.0. The minimum absolute atomic E-state index is 0.0340. The second-order valence-corrected chi connectivity index (χ2v) is 29.5. The molecule has 19 heteroatoms. The van der Waals surface area contributed by atoms with Crippen LogP contribution in [0.3, 0.4) is 0 Å². The van der Waals surface area contributed by atoms with Crippen LogP contribution < -0.4 is 0 Å². The fourth-order valence-electron chi connectivity index (χ4n) is 10.6. The van der Waals surface area contributed by atoms with Crippen molar-refractivity contribution >= 4 is 39.5 Å². The van der Waals surface area contributed by atoms with Crippen LogP contribution in [0.15, 0.2) is 109 Å². The third kappa shape index (κ3) is 74.0. The van der Waals surface area contributed by atoms with E-state index in [0.717, 1.165) is 161 Å². The molecule has 0 radical (unpaired) electrons. The van der Waals surface area contributed by atoms with Crippen LogP contribution in [0.5, 0.6) is 0 Å². The van der Waals surface area contributed by atoms with Crippen molar-refractivity contribution in [1.29, 1.82) is 0 Å². The summed E-state index contributed by atoms with van der Waals surface area (Å²) in [6.45, 7) is 4.65. The number of allylic oxidation sites excluding steroid dienone is 18. The molecule has 0 aromatic carbocycles. The molecule has 3 N–H and O–H groups in total. The number of phosphoric acid groups is 2. The molecule has 17 nitrogen and oxygen atoms in total. The summed E-state index contributed by atoms with van der Waals surface area (Å²) < 4.78 is 68.5. The quantitative estimate of drug-likeness (QED) is 0.0169. The Morgan fingerprint density at radius 1 is 0.284 bits per heavy atom. The van der Waals surface area contributed by atoms with Gasteiger partial charge in [-0.15, -0.1) is 0 Å². The Morgan fingerprint density at radius 3 is 0.843 bits per heavy atom. The van der Waals surface area contributed by atoms with Gasteiger partial charge in [0.25, 0.3) is 0 Å². The lowest BCUT2D eigenvalue weighted by Crippen LogP contribution is -2.30. The molecule has 0 aromatic heterocycles. The molecule has 0 spiro atoms. The van der Waals surface area contributed by atoms with E-state index < -0.39 is 97.5 Å². The molecule has 0 saturated carbocycles. The lowest BCUT2D eigenvalue weighted by molar-refractivity contribution is -0.161. The lowest BCUT2D eigenvalue weighted by Gasteiger charge is -2.21. The number of ether oxygens (including phenoxy) is 4. The van der Waals surface area contributed by atoms with Gasteiger partial charge in [-0.05, 0) is 141 Å². The minimum atomic E-state index is -4.99. The summed E-state index contributed by atoms with van der Waals surface area (Å²) >= 11 is 0. The third-order valence-electron chi connectivity index (χ3n) is 16.7. The number of rotatable bonds is 75. The topological polar surface area (TPSA) is 237 Å². The Labute approximate surface area is 619 Å². The number of carbonyl (C=O) groups is 4. The Morgan fingerprint density at radius 2 is 0.529 bits per heavy atom. The molecule has 0 aliphatic carbocycles. The fraction of sp³-hybridized carbons (Fsp3) is 0.735. The van der Waals surface area contributed by atoms with Crippen LogP contribution in [0, 0.1) is 0 Å². The van der Waals surface area contributed by atoms with Crippen LogP contribution in [-0.4, -0.2) is 96.7 Å². The first-order chi connectivity index (χ1) is 49.7. The monoisotopic (exact) mass is 1470 g/mol. The first-order valence-electron chi connectivity index (χ1n) is 40.1. The molecule has 0 amide bonds. The van der Waals surface area contributed by atoms with Gasteiger partial charge in [0.15, 0.2) is 12.2 Å². The van der Waals surface area contributed by atoms with Crippen molar-refractivity contribution in [2.45, 2.75) is 354 Å². The van der Waals surface area contributed by atoms with Crippen molar-refractivity contribution < 1.29 is 80.2 Å². The van der Waals surface area contributed by atoms with Crippen molar-refractivity contribution in [3.05, 3.63) is 109 Å². The van der Waals surface area contributed by atoms with Gasteiger partial charge in [0.1, 0.15) is 19.3 Å². The molecule has 0 heterocycles. The van der Waals surface area contributed by atoms with Gasteiger partial charge in [0, 0.05) is 25.7 Å². The lowest BCUT2D eigenvalue weighted by atomic mass is 10.1. The van der Waals surface area contributed by atoms with E-state index >= 15 is 0 Å². The predicted octanol–water partition coefficient (Wildman–Crippen LogP) is 23.3. The van der Waals surface area contributed by atoms with Gasteiger partial charge in [-0.25, -0.2) is 9.13 Å². The Bertz CT molecular complexity index is 2360. The van der Waals surface area contributed by atoms with Gasteiger partial charge in [-0.3, -0.25) is 37.3 Å². The first-order valence-corrected chi connectivity index (χ1v) is 43.1. The zero-order valence-corrected chi connectivity index (χ0v) is 66.0. The normalized spacial score (nSPS) is 14.5. The molecule has 102 heavy (non-hydrogen) atoms. The molecule has 0 aliphatic heterocycles. The van der Waals surface area contributed by atoms with Crippen molar-refractivity contribution in [1.82, 2.24) is 0 Å². The van der Waals surface area contributed by atoms with Gasteiger partial charge < -0.3 is 33.8 Å². The van der Waals surface area contributed by atoms with Crippen LogP contribution >= 0.6 is 15.6 Å². The molecule has 2 unspecified atom stereocenters. The van der Waals surface area contributed by atoms with Gasteiger partial charge in [-0.2, -0.15) is 0 Å². The van der Waals surface area contributed by atoms with E-state index in [1.54, 1.807) is 0 Å². The highest BCUT2D eigenvalue weighted by atomic mass is 31.2. The van der Waals surface area contributed by atoms with Crippen molar-refractivity contribution in [2.24, 2.45) is 0 Å². The maximum absolute atomic E-state index is 13.1. The molecule has 0 rings (SSSR count). The Kier molecular flexibility index (Phi) is 71.8. The smallest absolute Gasteiger partial charge is 0.462 e. The van der Waals surface area contributed by atoms with Crippen LogP contribution in [0.1, 0.15) is 336 Å². The molecule has 0 aromatic rings. The van der Waals surface area contributed by atoms with E-state index in [-0.39, 0.29) is 25.7 Å². The van der Waals surface area contributed by atoms with Crippen LogP contribution in [0.2, 0.25) is 0 Å². The van der Waals surface area contributed by atoms with E-state index in [4.69, 9.17) is 37.0 Å². The number of aliphatic hydroxyl groups is 1. The molecular weight excluding hydrogens is 1330 g/mol. The zero-order chi connectivity index (χ0) is 74.6. The number of esters is 4. The zero-order valence-electron chi connectivity index (χ0n) is 64.3. The minimum Gasteiger partial charge on any atom is -0.462 e. The highest BCUT2D eigenvalue weighted by Crippen LogP contribution is 2.45. The average Bonchev–Trinajstić information content (AvgIpc) is 0.908. The molecule has 0 aliphatic rings. The highest BCUT2D eigenvalue weighted by molar-refractivity contribution is 7.47. The van der Waals surface area contributed by atoms with Gasteiger partial charge in [0.05, 0.1) is 26.4 Å². The summed E-state index contributed by atoms with van der Waals surface area (Å²) in [5.74, 6) is -2.28. The van der Waals surface area contributed by atoms with Crippen LogP contribution in [0.25, 0.3) is 0 Å². The number of hydrogen-bond acceptors (Lipinski definition) is 15. The highest BCUT2D eigenvalue weighted by Gasteiger charge is 2.30. The average molecular weight is 1480 g/mol. The van der Waals surface area contributed by atoms with E-state index in [9.17, 15) is 43.2 Å². The van der Waals surface area contributed by atoms with Crippen molar-refractivity contribution in [2.75, 3.05) is 39.6 Å². The molecular formula is C83H144O17P2. The first kappa shape index (κ1) is 97.7. The summed E-state index contributed by atoms with van der Waals surface area (Å²) in [6, 6.07) is 0. The molecule has 588 valence electrons. The molecule has 0 bridgehead atoms.